The summed E-state index contributed by atoms with van der Waals surface area (Å²) >= 11 is 0. The molecule has 1 aromatic carbocycles. The molecule has 2 N–H and O–H groups in total. The van der Waals surface area contributed by atoms with Crippen LogP contribution in [0.3, 0.4) is 0 Å². The average molecular weight is 414 g/mol. The number of nitrogens with zero attached hydrogens (tertiary/aromatic N) is 2. The molecule has 4 rings (SSSR count). The van der Waals surface area contributed by atoms with Crippen molar-refractivity contribution < 1.29 is 19.1 Å². The van der Waals surface area contributed by atoms with Crippen LogP contribution in [-0.2, 0) is 14.4 Å². The van der Waals surface area contributed by atoms with E-state index in [0.29, 0.717) is 43.3 Å². The number of ether oxygens (including phenoxy) is 1. The molecule has 7 heteroatoms. The van der Waals surface area contributed by atoms with Crippen molar-refractivity contribution in [1.82, 2.24) is 4.90 Å². The van der Waals surface area contributed by atoms with Crippen LogP contribution in [0.2, 0.25) is 0 Å². The molecular weight excluding hydrogens is 382 g/mol. The van der Waals surface area contributed by atoms with E-state index in [4.69, 9.17) is 10.5 Å². The Morgan fingerprint density at radius 2 is 1.83 bits per heavy atom. The van der Waals surface area contributed by atoms with Gasteiger partial charge < -0.3 is 10.5 Å². The largest absolute Gasteiger partial charge is 0.497 e. The number of likely N-dealkylation sites (tertiary alicyclic amines) is 1. The minimum Gasteiger partial charge on any atom is -0.497 e. The van der Waals surface area contributed by atoms with E-state index in [1.54, 1.807) is 31.4 Å². The number of hydrogen-bond acceptors (Lipinski definition) is 5. The van der Waals surface area contributed by atoms with Crippen LogP contribution >= 0.6 is 0 Å². The van der Waals surface area contributed by atoms with Crippen LogP contribution in [0.15, 0.2) is 24.3 Å². The Hall–Kier alpha value is -2.41. The third kappa shape index (κ3) is 3.60. The average Bonchev–Trinajstić information content (AvgIpc) is 3.08. The van der Waals surface area contributed by atoms with E-state index < -0.39 is 11.5 Å². The molecule has 0 radical (unpaired) electrons. The molecule has 2 saturated heterocycles. The second-order valence-electron chi connectivity index (χ2n) is 8.88. The van der Waals surface area contributed by atoms with Crippen molar-refractivity contribution in [3.63, 3.8) is 0 Å². The molecule has 30 heavy (non-hydrogen) atoms. The van der Waals surface area contributed by atoms with Gasteiger partial charge in [-0.25, -0.2) is 4.90 Å². The van der Waals surface area contributed by atoms with Crippen LogP contribution in [0.4, 0.5) is 5.69 Å². The van der Waals surface area contributed by atoms with E-state index in [0.717, 1.165) is 25.7 Å². The molecule has 162 valence electrons. The van der Waals surface area contributed by atoms with E-state index in [1.165, 1.54) is 11.3 Å². The third-order valence-electron chi connectivity index (χ3n) is 7.44. The molecule has 2 heterocycles. The molecular formula is C23H31N3O4. The highest BCUT2D eigenvalue weighted by Gasteiger charge is 2.50. The van der Waals surface area contributed by atoms with E-state index >= 15 is 0 Å². The van der Waals surface area contributed by atoms with Crippen molar-refractivity contribution >= 4 is 23.4 Å². The molecule has 3 amide bonds. The predicted octanol–water partition coefficient (Wildman–Crippen LogP) is 2.47. The Morgan fingerprint density at radius 1 is 1.13 bits per heavy atom. The fourth-order valence-corrected chi connectivity index (χ4v) is 5.67. The minimum atomic E-state index is -0.471. The molecule has 1 aromatic rings. The van der Waals surface area contributed by atoms with Gasteiger partial charge in [0.25, 0.3) is 5.91 Å². The molecule has 0 spiro atoms. The Balaban J connectivity index is 1.47. The van der Waals surface area contributed by atoms with Crippen LogP contribution in [0.25, 0.3) is 0 Å². The number of amides is 3. The highest BCUT2D eigenvalue weighted by molar-refractivity contribution is 6.22. The summed E-state index contributed by atoms with van der Waals surface area (Å²) in [6.07, 6.45) is 7.19. The van der Waals surface area contributed by atoms with E-state index in [1.807, 2.05) is 0 Å². The van der Waals surface area contributed by atoms with Gasteiger partial charge in [0.15, 0.2) is 0 Å². The van der Waals surface area contributed by atoms with Crippen molar-refractivity contribution in [1.29, 1.82) is 0 Å². The normalized spacial score (nSPS) is 25.5. The summed E-state index contributed by atoms with van der Waals surface area (Å²) in [6, 6.07) is 6.54. The highest BCUT2D eigenvalue weighted by atomic mass is 16.5. The van der Waals surface area contributed by atoms with Gasteiger partial charge in [-0.1, -0.05) is 25.3 Å². The molecule has 1 unspecified atom stereocenters. The summed E-state index contributed by atoms with van der Waals surface area (Å²) in [4.78, 5) is 41.6. The number of benzene rings is 1. The molecule has 1 saturated carbocycles. The maximum atomic E-state index is 13.1. The number of carbonyl (C=O) groups is 3. The van der Waals surface area contributed by atoms with Gasteiger partial charge in [-0.3, -0.25) is 19.3 Å². The summed E-state index contributed by atoms with van der Waals surface area (Å²) in [5.41, 5.74) is 5.98. The number of anilines is 1. The first-order valence-electron chi connectivity index (χ1n) is 11.0. The van der Waals surface area contributed by atoms with Gasteiger partial charge in [0.2, 0.25) is 11.8 Å². The fraction of sp³-hybridized carbons (Fsp3) is 0.609. The van der Waals surface area contributed by atoms with Crippen molar-refractivity contribution in [2.45, 2.75) is 57.4 Å². The predicted molar refractivity (Wildman–Crippen MR) is 113 cm³/mol. The SMILES string of the molecule is COc1cccc(N2C(=O)CC(N3CCC(C(N)=O)(C4CCCCC4)CC3)C2=O)c1. The second-order valence-corrected chi connectivity index (χ2v) is 8.88. The topological polar surface area (TPSA) is 92.9 Å². The molecule has 7 nitrogen and oxygen atoms in total. The zero-order valence-corrected chi connectivity index (χ0v) is 17.6. The summed E-state index contributed by atoms with van der Waals surface area (Å²) in [7, 11) is 1.56. The van der Waals surface area contributed by atoms with Gasteiger partial charge in [0.05, 0.1) is 30.7 Å². The molecule has 0 bridgehead atoms. The Kier molecular flexibility index (Phi) is 5.82. The van der Waals surface area contributed by atoms with E-state index in [2.05, 4.69) is 4.90 Å². The number of methoxy groups -OCH3 is 1. The Labute approximate surface area is 177 Å². The first kappa shape index (κ1) is 20.8. The lowest BCUT2D eigenvalue weighted by Gasteiger charge is -2.46. The lowest BCUT2D eigenvalue weighted by atomic mass is 9.63. The highest BCUT2D eigenvalue weighted by Crippen LogP contribution is 2.46. The van der Waals surface area contributed by atoms with Gasteiger partial charge in [-0.05, 0) is 56.8 Å². The van der Waals surface area contributed by atoms with Crippen LogP contribution in [0.5, 0.6) is 5.75 Å². The fourth-order valence-electron chi connectivity index (χ4n) is 5.67. The zero-order valence-electron chi connectivity index (χ0n) is 17.6. The minimum absolute atomic E-state index is 0.170. The van der Waals surface area contributed by atoms with E-state index in [-0.39, 0.29) is 24.1 Å². The smallest absolute Gasteiger partial charge is 0.251 e. The molecule has 3 aliphatic rings. The number of rotatable bonds is 5. The van der Waals surface area contributed by atoms with E-state index in [9.17, 15) is 14.4 Å². The van der Waals surface area contributed by atoms with Gasteiger partial charge >= 0.3 is 0 Å². The molecule has 2 aliphatic heterocycles. The van der Waals surface area contributed by atoms with Gasteiger partial charge in [-0.15, -0.1) is 0 Å². The zero-order chi connectivity index (χ0) is 21.3. The number of primary amides is 1. The number of piperidine rings is 1. The van der Waals surface area contributed by atoms with Gasteiger partial charge in [0.1, 0.15) is 5.75 Å². The lowest BCUT2D eigenvalue weighted by molar-refractivity contribution is -0.137. The third-order valence-corrected chi connectivity index (χ3v) is 7.44. The summed E-state index contributed by atoms with van der Waals surface area (Å²) < 4.78 is 5.23. The Bertz CT molecular complexity index is 825. The van der Waals surface area contributed by atoms with Crippen LogP contribution in [0.1, 0.15) is 51.4 Å². The number of nitrogens with two attached hydrogens (primary N) is 1. The van der Waals surface area contributed by atoms with Crippen molar-refractivity contribution in [3.05, 3.63) is 24.3 Å². The molecule has 1 aliphatic carbocycles. The van der Waals surface area contributed by atoms with Crippen LogP contribution in [-0.4, -0.2) is 48.9 Å². The number of hydrogen-bond donors (Lipinski definition) is 1. The first-order chi connectivity index (χ1) is 14.5. The summed E-state index contributed by atoms with van der Waals surface area (Å²) in [5.74, 6) is 0.365. The van der Waals surface area contributed by atoms with Gasteiger partial charge in [-0.2, -0.15) is 0 Å². The van der Waals surface area contributed by atoms with Gasteiger partial charge in [0, 0.05) is 6.07 Å². The van der Waals surface area contributed by atoms with Crippen molar-refractivity contribution in [2.75, 3.05) is 25.1 Å². The molecule has 0 aromatic heterocycles. The van der Waals surface area contributed by atoms with Crippen LogP contribution in [0, 0.1) is 11.3 Å². The maximum Gasteiger partial charge on any atom is 0.251 e. The summed E-state index contributed by atoms with van der Waals surface area (Å²) in [5, 5.41) is 0. The number of carbonyl (C=O) groups excluding carboxylic acids is 3. The van der Waals surface area contributed by atoms with Crippen molar-refractivity contribution in [3.8, 4) is 5.75 Å². The molecule has 3 fully saturated rings. The second kappa shape index (κ2) is 8.38. The monoisotopic (exact) mass is 413 g/mol. The quantitative estimate of drug-likeness (QED) is 0.749. The summed E-state index contributed by atoms with van der Waals surface area (Å²) in [6.45, 7) is 1.24. The standard InChI is InChI=1S/C23H31N3O4/c1-30-18-9-5-8-17(14-18)26-20(27)15-19(21(26)28)25-12-10-23(11-13-25,22(24)29)16-6-3-2-4-7-16/h5,8-9,14,16,19H,2-4,6-7,10-13,15H2,1H3,(H2,24,29). The van der Waals surface area contributed by atoms with Crippen LogP contribution < -0.4 is 15.4 Å². The van der Waals surface area contributed by atoms with Crippen molar-refractivity contribution in [2.24, 2.45) is 17.1 Å². The molecule has 1 atom stereocenters. The Morgan fingerprint density at radius 3 is 2.47 bits per heavy atom. The number of imide groups is 1. The first-order valence-corrected chi connectivity index (χ1v) is 11.0. The lowest BCUT2D eigenvalue weighted by Crippen LogP contribution is -2.54. The maximum absolute atomic E-state index is 13.1.